The molecular weight excluding hydrogens is 210 g/mol. The SMILES string of the molecule is CC(C)CCCC(C)Nc1ncccc1C#N. The van der Waals surface area contributed by atoms with Crippen LogP contribution in [0.15, 0.2) is 18.3 Å². The maximum atomic E-state index is 8.95. The van der Waals surface area contributed by atoms with E-state index in [1.807, 2.05) is 0 Å². The molecule has 0 saturated heterocycles. The molecule has 1 aromatic heterocycles. The molecule has 0 radical (unpaired) electrons. The predicted octanol–water partition coefficient (Wildman–Crippen LogP) is 3.58. The lowest BCUT2D eigenvalue weighted by Crippen LogP contribution is -2.16. The molecule has 0 fully saturated rings. The normalized spacial score (nSPS) is 12.2. The van der Waals surface area contributed by atoms with E-state index in [4.69, 9.17) is 5.26 Å². The van der Waals surface area contributed by atoms with Crippen LogP contribution in [-0.4, -0.2) is 11.0 Å². The topological polar surface area (TPSA) is 48.7 Å². The third-order valence-electron chi connectivity index (χ3n) is 2.73. The van der Waals surface area contributed by atoms with Crippen molar-refractivity contribution in [3.05, 3.63) is 23.9 Å². The van der Waals surface area contributed by atoms with Crippen LogP contribution < -0.4 is 5.32 Å². The second-order valence-electron chi connectivity index (χ2n) is 4.88. The van der Waals surface area contributed by atoms with Gasteiger partial charge in [0.1, 0.15) is 11.9 Å². The fraction of sp³-hybridized carbons (Fsp3) is 0.571. The van der Waals surface area contributed by atoms with E-state index in [-0.39, 0.29) is 0 Å². The highest BCUT2D eigenvalue weighted by molar-refractivity contribution is 5.51. The monoisotopic (exact) mass is 231 g/mol. The van der Waals surface area contributed by atoms with Gasteiger partial charge in [-0.15, -0.1) is 0 Å². The Morgan fingerprint density at radius 1 is 1.35 bits per heavy atom. The van der Waals surface area contributed by atoms with Gasteiger partial charge in [0, 0.05) is 12.2 Å². The smallest absolute Gasteiger partial charge is 0.144 e. The van der Waals surface area contributed by atoms with Crippen molar-refractivity contribution in [3.8, 4) is 6.07 Å². The van der Waals surface area contributed by atoms with Gasteiger partial charge in [-0.25, -0.2) is 4.98 Å². The Kier molecular flexibility index (Phi) is 5.48. The lowest BCUT2D eigenvalue weighted by molar-refractivity contribution is 0.520. The minimum absolute atomic E-state index is 0.357. The van der Waals surface area contributed by atoms with Crippen molar-refractivity contribution in [2.24, 2.45) is 5.92 Å². The lowest BCUT2D eigenvalue weighted by atomic mass is 10.0. The van der Waals surface area contributed by atoms with Gasteiger partial charge in [0.25, 0.3) is 0 Å². The first-order valence-corrected chi connectivity index (χ1v) is 6.25. The van der Waals surface area contributed by atoms with Crippen LogP contribution in [0.2, 0.25) is 0 Å². The van der Waals surface area contributed by atoms with Gasteiger partial charge in [0.15, 0.2) is 0 Å². The standard InChI is InChI=1S/C14H21N3/c1-11(2)6-4-7-12(3)17-14-13(10-15)8-5-9-16-14/h5,8-9,11-12H,4,6-7H2,1-3H3,(H,16,17). The molecule has 1 unspecified atom stereocenters. The van der Waals surface area contributed by atoms with E-state index in [0.29, 0.717) is 17.4 Å². The van der Waals surface area contributed by atoms with E-state index >= 15 is 0 Å². The number of hydrogen-bond donors (Lipinski definition) is 1. The Balaban J connectivity index is 2.45. The second kappa shape index (κ2) is 6.90. The third kappa shape index (κ3) is 4.86. The molecule has 1 rings (SSSR count). The number of hydrogen-bond acceptors (Lipinski definition) is 3. The van der Waals surface area contributed by atoms with Gasteiger partial charge in [-0.2, -0.15) is 5.26 Å². The summed E-state index contributed by atoms with van der Waals surface area (Å²) in [5.74, 6) is 1.46. The summed E-state index contributed by atoms with van der Waals surface area (Å²) in [7, 11) is 0. The van der Waals surface area contributed by atoms with E-state index in [9.17, 15) is 0 Å². The average Bonchev–Trinajstić information content (AvgIpc) is 2.29. The fourth-order valence-corrected chi connectivity index (χ4v) is 1.75. The third-order valence-corrected chi connectivity index (χ3v) is 2.73. The number of nitriles is 1. The minimum atomic E-state index is 0.357. The Morgan fingerprint density at radius 3 is 2.76 bits per heavy atom. The highest BCUT2D eigenvalue weighted by Crippen LogP contribution is 2.14. The van der Waals surface area contributed by atoms with Crippen LogP contribution in [0, 0.1) is 17.2 Å². The summed E-state index contributed by atoms with van der Waals surface area (Å²) in [5.41, 5.74) is 0.614. The van der Waals surface area contributed by atoms with E-state index < -0.39 is 0 Å². The van der Waals surface area contributed by atoms with Crippen molar-refractivity contribution in [2.75, 3.05) is 5.32 Å². The number of nitrogens with zero attached hydrogens (tertiary/aromatic N) is 2. The lowest BCUT2D eigenvalue weighted by Gasteiger charge is -2.15. The molecule has 0 bridgehead atoms. The molecular formula is C14H21N3. The van der Waals surface area contributed by atoms with Crippen molar-refractivity contribution < 1.29 is 0 Å². The van der Waals surface area contributed by atoms with E-state index in [1.54, 1.807) is 18.3 Å². The van der Waals surface area contributed by atoms with Gasteiger partial charge in [0.05, 0.1) is 5.56 Å². The van der Waals surface area contributed by atoms with Crippen LogP contribution in [-0.2, 0) is 0 Å². The summed E-state index contributed by atoms with van der Waals surface area (Å²) in [4.78, 5) is 4.20. The predicted molar refractivity (Wildman–Crippen MR) is 70.7 cm³/mol. The Bertz CT molecular complexity index is 379. The molecule has 0 aliphatic carbocycles. The number of nitrogens with one attached hydrogen (secondary N) is 1. The molecule has 0 saturated carbocycles. The molecule has 3 nitrogen and oxygen atoms in total. The van der Waals surface area contributed by atoms with E-state index in [0.717, 1.165) is 12.3 Å². The summed E-state index contributed by atoms with van der Waals surface area (Å²) >= 11 is 0. The van der Waals surface area contributed by atoms with Crippen molar-refractivity contribution in [1.82, 2.24) is 4.98 Å². The maximum Gasteiger partial charge on any atom is 0.144 e. The zero-order valence-corrected chi connectivity index (χ0v) is 10.9. The first-order valence-electron chi connectivity index (χ1n) is 6.25. The van der Waals surface area contributed by atoms with Gasteiger partial charge in [-0.1, -0.05) is 26.7 Å². The van der Waals surface area contributed by atoms with Crippen LogP contribution in [0.4, 0.5) is 5.82 Å². The summed E-state index contributed by atoms with van der Waals surface area (Å²) in [6, 6.07) is 6.08. The Labute approximate surface area is 104 Å². The van der Waals surface area contributed by atoms with Crippen LogP contribution in [0.1, 0.15) is 45.6 Å². The van der Waals surface area contributed by atoms with Gasteiger partial charge in [-0.3, -0.25) is 0 Å². The van der Waals surface area contributed by atoms with Crippen LogP contribution >= 0.6 is 0 Å². The molecule has 1 atom stereocenters. The number of pyridine rings is 1. The van der Waals surface area contributed by atoms with E-state index in [2.05, 4.69) is 37.1 Å². The first kappa shape index (κ1) is 13.5. The molecule has 92 valence electrons. The molecule has 3 heteroatoms. The van der Waals surface area contributed by atoms with Crippen LogP contribution in [0.25, 0.3) is 0 Å². The van der Waals surface area contributed by atoms with Crippen molar-refractivity contribution in [2.45, 2.75) is 46.1 Å². The van der Waals surface area contributed by atoms with E-state index in [1.165, 1.54) is 12.8 Å². The zero-order chi connectivity index (χ0) is 12.7. The molecule has 0 aliphatic heterocycles. The molecule has 0 aromatic carbocycles. The summed E-state index contributed by atoms with van der Waals surface area (Å²) in [5, 5.41) is 12.3. The van der Waals surface area contributed by atoms with Gasteiger partial charge >= 0.3 is 0 Å². The van der Waals surface area contributed by atoms with Crippen LogP contribution in [0.5, 0.6) is 0 Å². The summed E-state index contributed by atoms with van der Waals surface area (Å²) < 4.78 is 0. The molecule has 1 aromatic rings. The van der Waals surface area contributed by atoms with Crippen LogP contribution in [0.3, 0.4) is 0 Å². The van der Waals surface area contributed by atoms with Gasteiger partial charge < -0.3 is 5.32 Å². The molecule has 0 spiro atoms. The summed E-state index contributed by atoms with van der Waals surface area (Å²) in [6.45, 7) is 6.62. The second-order valence-corrected chi connectivity index (χ2v) is 4.88. The largest absolute Gasteiger partial charge is 0.367 e. The minimum Gasteiger partial charge on any atom is -0.367 e. The Morgan fingerprint density at radius 2 is 2.12 bits per heavy atom. The number of anilines is 1. The van der Waals surface area contributed by atoms with Crippen molar-refractivity contribution in [1.29, 1.82) is 5.26 Å². The fourth-order valence-electron chi connectivity index (χ4n) is 1.75. The Hall–Kier alpha value is -1.56. The number of aromatic nitrogens is 1. The highest BCUT2D eigenvalue weighted by atomic mass is 15.0. The molecule has 0 aliphatic rings. The molecule has 1 heterocycles. The number of rotatable bonds is 6. The highest BCUT2D eigenvalue weighted by Gasteiger charge is 2.07. The molecule has 0 amide bonds. The summed E-state index contributed by atoms with van der Waals surface area (Å²) in [6.07, 6.45) is 5.28. The molecule has 1 N–H and O–H groups in total. The average molecular weight is 231 g/mol. The quantitative estimate of drug-likeness (QED) is 0.814. The zero-order valence-electron chi connectivity index (χ0n) is 10.9. The first-order chi connectivity index (χ1) is 8.13. The van der Waals surface area contributed by atoms with Gasteiger partial charge in [0.2, 0.25) is 0 Å². The van der Waals surface area contributed by atoms with Crippen molar-refractivity contribution in [3.63, 3.8) is 0 Å². The van der Waals surface area contributed by atoms with Crippen molar-refractivity contribution >= 4 is 5.82 Å². The molecule has 17 heavy (non-hydrogen) atoms. The maximum absolute atomic E-state index is 8.95. The van der Waals surface area contributed by atoms with Gasteiger partial charge in [-0.05, 0) is 31.4 Å².